The molecule has 0 saturated heterocycles. The summed E-state index contributed by atoms with van der Waals surface area (Å²) < 4.78 is 1.80. The fourth-order valence-corrected chi connectivity index (χ4v) is 1.86. The van der Waals surface area contributed by atoms with Crippen molar-refractivity contribution >= 4 is 0 Å². The molecule has 1 unspecified atom stereocenters. The lowest BCUT2D eigenvalue weighted by Gasteiger charge is -2.15. The first-order valence-corrected chi connectivity index (χ1v) is 5.55. The average Bonchev–Trinajstić information content (AvgIpc) is 2.95. The monoisotopic (exact) mass is 209 g/mol. The van der Waals surface area contributed by atoms with Crippen molar-refractivity contribution in [3.05, 3.63) is 17.5 Å². The standard InChI is InChI=1S/C11H19N3O/c1-8-10(6-14(2)13-8)11(7-15)12-5-9-3-4-9/h6,9,11-12,15H,3-5,7H2,1-2H3. The summed E-state index contributed by atoms with van der Waals surface area (Å²) in [6, 6.07) is 0.0410. The van der Waals surface area contributed by atoms with E-state index >= 15 is 0 Å². The number of nitrogens with zero attached hydrogens (tertiary/aromatic N) is 2. The molecule has 0 radical (unpaired) electrons. The first-order valence-electron chi connectivity index (χ1n) is 5.55. The van der Waals surface area contributed by atoms with Crippen molar-refractivity contribution in [3.63, 3.8) is 0 Å². The summed E-state index contributed by atoms with van der Waals surface area (Å²) in [4.78, 5) is 0. The number of hydrogen-bond acceptors (Lipinski definition) is 3. The fourth-order valence-electron chi connectivity index (χ4n) is 1.86. The quantitative estimate of drug-likeness (QED) is 0.753. The molecule has 84 valence electrons. The molecule has 15 heavy (non-hydrogen) atoms. The van der Waals surface area contributed by atoms with Crippen molar-refractivity contribution in [2.75, 3.05) is 13.2 Å². The third kappa shape index (κ3) is 2.58. The van der Waals surface area contributed by atoms with Gasteiger partial charge in [0.15, 0.2) is 0 Å². The number of aromatic nitrogens is 2. The predicted octanol–water partition coefficient (Wildman–Crippen LogP) is 0.762. The van der Waals surface area contributed by atoms with Gasteiger partial charge in [0.1, 0.15) is 0 Å². The van der Waals surface area contributed by atoms with Crippen LogP contribution >= 0.6 is 0 Å². The zero-order valence-electron chi connectivity index (χ0n) is 9.40. The summed E-state index contributed by atoms with van der Waals surface area (Å²) in [7, 11) is 1.91. The molecule has 1 fully saturated rings. The summed E-state index contributed by atoms with van der Waals surface area (Å²) >= 11 is 0. The number of aryl methyl sites for hydroxylation is 2. The fraction of sp³-hybridized carbons (Fsp3) is 0.727. The minimum atomic E-state index is 0.0410. The molecular weight excluding hydrogens is 190 g/mol. The highest BCUT2D eigenvalue weighted by Gasteiger charge is 2.23. The molecule has 1 aromatic rings. The average molecular weight is 209 g/mol. The van der Waals surface area contributed by atoms with E-state index in [1.807, 2.05) is 20.2 Å². The molecule has 1 aliphatic carbocycles. The lowest BCUT2D eigenvalue weighted by Crippen LogP contribution is -2.26. The van der Waals surface area contributed by atoms with E-state index in [9.17, 15) is 5.11 Å². The van der Waals surface area contributed by atoms with Crippen LogP contribution in [-0.2, 0) is 7.05 Å². The Balaban J connectivity index is 2.00. The highest BCUT2D eigenvalue weighted by atomic mass is 16.3. The Bertz CT molecular complexity index is 331. The summed E-state index contributed by atoms with van der Waals surface area (Å²) in [5.74, 6) is 0.830. The van der Waals surface area contributed by atoms with Gasteiger partial charge in [-0.05, 0) is 32.2 Å². The maximum absolute atomic E-state index is 9.35. The van der Waals surface area contributed by atoms with Crippen LogP contribution < -0.4 is 5.32 Å². The van der Waals surface area contributed by atoms with E-state index in [1.54, 1.807) is 4.68 Å². The number of aliphatic hydroxyl groups excluding tert-OH is 1. The van der Waals surface area contributed by atoms with Gasteiger partial charge in [0.05, 0.1) is 18.3 Å². The van der Waals surface area contributed by atoms with Crippen LogP contribution in [0.1, 0.15) is 30.1 Å². The number of nitrogens with one attached hydrogen (secondary N) is 1. The summed E-state index contributed by atoms with van der Waals surface area (Å²) in [5.41, 5.74) is 2.11. The van der Waals surface area contributed by atoms with Gasteiger partial charge in [-0.15, -0.1) is 0 Å². The third-order valence-electron chi connectivity index (χ3n) is 2.96. The Kier molecular flexibility index (Phi) is 3.07. The smallest absolute Gasteiger partial charge is 0.0642 e. The van der Waals surface area contributed by atoms with E-state index < -0.39 is 0 Å². The Morgan fingerprint density at radius 2 is 2.40 bits per heavy atom. The number of aliphatic hydroxyl groups is 1. The van der Waals surface area contributed by atoms with Crippen LogP contribution in [0.4, 0.5) is 0 Å². The Morgan fingerprint density at radius 1 is 1.67 bits per heavy atom. The molecule has 4 nitrogen and oxygen atoms in total. The van der Waals surface area contributed by atoms with Crippen LogP contribution in [0.25, 0.3) is 0 Å². The molecule has 0 amide bonds. The lowest BCUT2D eigenvalue weighted by atomic mass is 10.1. The van der Waals surface area contributed by atoms with Crippen LogP contribution in [0.5, 0.6) is 0 Å². The number of rotatable bonds is 5. The van der Waals surface area contributed by atoms with E-state index in [1.165, 1.54) is 12.8 Å². The summed E-state index contributed by atoms with van der Waals surface area (Å²) in [5, 5.41) is 17.0. The van der Waals surface area contributed by atoms with Crippen LogP contribution in [0.3, 0.4) is 0 Å². The third-order valence-corrected chi connectivity index (χ3v) is 2.96. The zero-order valence-corrected chi connectivity index (χ0v) is 9.40. The van der Waals surface area contributed by atoms with E-state index in [0.717, 1.165) is 23.7 Å². The topological polar surface area (TPSA) is 50.1 Å². The minimum absolute atomic E-state index is 0.0410. The molecule has 1 aliphatic rings. The summed E-state index contributed by atoms with van der Waals surface area (Å²) in [6.45, 7) is 3.13. The second-order valence-electron chi connectivity index (χ2n) is 4.43. The Hall–Kier alpha value is -0.870. The van der Waals surface area contributed by atoms with Crippen LogP contribution in [-0.4, -0.2) is 28.0 Å². The van der Waals surface area contributed by atoms with Crippen molar-refractivity contribution in [1.82, 2.24) is 15.1 Å². The second-order valence-corrected chi connectivity index (χ2v) is 4.43. The molecule has 0 aliphatic heterocycles. The van der Waals surface area contributed by atoms with Gasteiger partial charge in [-0.3, -0.25) is 4.68 Å². The molecule has 2 N–H and O–H groups in total. The van der Waals surface area contributed by atoms with Crippen molar-refractivity contribution in [1.29, 1.82) is 0 Å². The lowest BCUT2D eigenvalue weighted by molar-refractivity contribution is 0.243. The van der Waals surface area contributed by atoms with Gasteiger partial charge in [0.2, 0.25) is 0 Å². The zero-order chi connectivity index (χ0) is 10.8. The molecule has 1 heterocycles. The van der Waals surface area contributed by atoms with Crippen molar-refractivity contribution in [3.8, 4) is 0 Å². The highest BCUT2D eigenvalue weighted by molar-refractivity contribution is 5.20. The van der Waals surface area contributed by atoms with Gasteiger partial charge >= 0.3 is 0 Å². The molecule has 0 spiro atoms. The van der Waals surface area contributed by atoms with Gasteiger partial charge in [0.25, 0.3) is 0 Å². The van der Waals surface area contributed by atoms with Crippen molar-refractivity contribution in [2.45, 2.75) is 25.8 Å². The Morgan fingerprint density at radius 3 is 2.87 bits per heavy atom. The van der Waals surface area contributed by atoms with E-state index in [4.69, 9.17) is 0 Å². The molecular formula is C11H19N3O. The maximum Gasteiger partial charge on any atom is 0.0642 e. The normalized spacial score (nSPS) is 18.1. The van der Waals surface area contributed by atoms with Gasteiger partial charge in [-0.2, -0.15) is 5.10 Å². The van der Waals surface area contributed by atoms with Gasteiger partial charge in [0, 0.05) is 18.8 Å². The Labute approximate surface area is 90.3 Å². The first kappa shape index (κ1) is 10.6. The molecule has 1 aromatic heterocycles. The van der Waals surface area contributed by atoms with Gasteiger partial charge in [-0.25, -0.2) is 0 Å². The van der Waals surface area contributed by atoms with E-state index in [2.05, 4.69) is 10.4 Å². The predicted molar refractivity (Wildman–Crippen MR) is 58.5 cm³/mol. The van der Waals surface area contributed by atoms with Gasteiger partial charge in [-0.1, -0.05) is 0 Å². The van der Waals surface area contributed by atoms with Crippen LogP contribution in [0.2, 0.25) is 0 Å². The van der Waals surface area contributed by atoms with Gasteiger partial charge < -0.3 is 10.4 Å². The minimum Gasteiger partial charge on any atom is -0.394 e. The SMILES string of the molecule is Cc1nn(C)cc1C(CO)NCC1CC1. The molecule has 0 bridgehead atoms. The van der Waals surface area contributed by atoms with Crippen molar-refractivity contribution < 1.29 is 5.11 Å². The molecule has 2 rings (SSSR count). The van der Waals surface area contributed by atoms with E-state index in [0.29, 0.717) is 0 Å². The van der Waals surface area contributed by atoms with Crippen LogP contribution in [0.15, 0.2) is 6.20 Å². The van der Waals surface area contributed by atoms with E-state index in [-0.39, 0.29) is 12.6 Å². The summed E-state index contributed by atoms with van der Waals surface area (Å²) in [6.07, 6.45) is 4.64. The molecule has 4 heteroatoms. The second kappa shape index (κ2) is 4.33. The van der Waals surface area contributed by atoms with Crippen LogP contribution in [0, 0.1) is 12.8 Å². The molecule has 0 aromatic carbocycles. The first-order chi connectivity index (χ1) is 7.20. The maximum atomic E-state index is 9.35. The largest absolute Gasteiger partial charge is 0.394 e. The highest BCUT2D eigenvalue weighted by Crippen LogP contribution is 2.28. The molecule has 1 saturated carbocycles. The number of hydrogen-bond donors (Lipinski definition) is 2. The van der Waals surface area contributed by atoms with Crippen molar-refractivity contribution in [2.24, 2.45) is 13.0 Å². The molecule has 1 atom stereocenters.